The highest BCUT2D eigenvalue weighted by atomic mass is 79.9. The van der Waals surface area contributed by atoms with E-state index in [-0.39, 0.29) is 10.8 Å². The zero-order valence-electron chi connectivity index (χ0n) is 19.1. The van der Waals surface area contributed by atoms with Gasteiger partial charge in [0.25, 0.3) is 0 Å². The minimum absolute atomic E-state index is 0.0252. The van der Waals surface area contributed by atoms with Crippen LogP contribution < -0.4 is 4.72 Å². The summed E-state index contributed by atoms with van der Waals surface area (Å²) in [5.41, 5.74) is 0.193. The van der Waals surface area contributed by atoms with Gasteiger partial charge in [-0.2, -0.15) is 18.3 Å². The lowest BCUT2D eigenvalue weighted by atomic mass is 9.98. The highest BCUT2D eigenvalue weighted by Gasteiger charge is 2.40. The van der Waals surface area contributed by atoms with E-state index in [9.17, 15) is 26.0 Å². The third kappa shape index (κ3) is 5.44. The second kappa shape index (κ2) is 8.97. The van der Waals surface area contributed by atoms with Crippen LogP contribution in [0.3, 0.4) is 0 Å². The molecule has 0 bridgehead atoms. The number of pyridine rings is 1. The zero-order valence-corrected chi connectivity index (χ0v) is 21.5. The molecule has 1 fully saturated rings. The minimum atomic E-state index is -4.68. The Hall–Kier alpha value is -2.31. The first-order valence-electron chi connectivity index (χ1n) is 10.8. The number of aromatic nitrogens is 3. The summed E-state index contributed by atoms with van der Waals surface area (Å²) in [7, 11) is -4.21. The summed E-state index contributed by atoms with van der Waals surface area (Å²) in [6.07, 6.45) is -0.852. The molecule has 0 amide bonds. The topological polar surface area (TPSA) is 76.9 Å². The number of benzene rings is 1. The monoisotopic (exact) mass is 574 g/mol. The maximum absolute atomic E-state index is 13.8. The van der Waals surface area contributed by atoms with Gasteiger partial charge in [0.05, 0.1) is 23.5 Å². The molecule has 2 heterocycles. The number of rotatable bonds is 6. The van der Waals surface area contributed by atoms with Crippen molar-refractivity contribution in [3.8, 4) is 11.3 Å². The molecular weight excluding hydrogens is 552 g/mol. The number of nitrogens with zero attached hydrogens (tertiary/aromatic N) is 3. The van der Waals surface area contributed by atoms with Crippen molar-refractivity contribution < 1.29 is 26.0 Å². The van der Waals surface area contributed by atoms with Crippen molar-refractivity contribution in [2.24, 2.45) is 5.92 Å². The minimum Gasteiger partial charge on any atom is -0.259 e. The molecule has 0 unspecified atom stereocenters. The van der Waals surface area contributed by atoms with Crippen LogP contribution in [0.1, 0.15) is 50.9 Å². The fourth-order valence-electron chi connectivity index (χ4n) is 3.83. The first-order valence-corrected chi connectivity index (χ1v) is 13.1. The molecule has 1 atom stereocenters. The summed E-state index contributed by atoms with van der Waals surface area (Å²) in [6, 6.07) is 5.07. The fourth-order valence-corrected chi connectivity index (χ4v) is 5.60. The molecule has 0 spiro atoms. The smallest absolute Gasteiger partial charge is 0.259 e. The molecule has 35 heavy (non-hydrogen) atoms. The molecule has 2 aromatic heterocycles. The van der Waals surface area contributed by atoms with Crippen LogP contribution in [-0.2, 0) is 21.7 Å². The van der Waals surface area contributed by atoms with Crippen molar-refractivity contribution >= 4 is 26.0 Å². The van der Waals surface area contributed by atoms with Gasteiger partial charge >= 0.3 is 6.18 Å². The van der Waals surface area contributed by atoms with Crippen LogP contribution >= 0.6 is 15.9 Å². The molecular formula is C23H23BrF4N4O2S. The van der Waals surface area contributed by atoms with Gasteiger partial charge in [0.1, 0.15) is 16.4 Å². The normalized spacial score (nSPS) is 15.9. The van der Waals surface area contributed by atoms with Crippen molar-refractivity contribution in [3.05, 3.63) is 64.3 Å². The van der Waals surface area contributed by atoms with Crippen molar-refractivity contribution in [1.82, 2.24) is 19.5 Å². The van der Waals surface area contributed by atoms with Gasteiger partial charge < -0.3 is 0 Å². The fraction of sp³-hybridized carbons (Fsp3) is 0.391. The van der Waals surface area contributed by atoms with Gasteiger partial charge in [-0.15, -0.1) is 0 Å². The highest BCUT2D eigenvalue weighted by molar-refractivity contribution is 9.10. The van der Waals surface area contributed by atoms with Crippen LogP contribution in [0, 0.1) is 11.7 Å². The number of alkyl halides is 3. The Kier molecular flexibility index (Phi) is 6.60. The summed E-state index contributed by atoms with van der Waals surface area (Å²) in [6.45, 7) is 5.82. The standard InChI is InChI=1S/C23H23BrF4N4O2S/c1-22(2,3)32-21(16-8-6-14(25)10-18(16)24)17(12-30-32)20(13-4-5-13)31-35(33,34)15-7-9-19(29-11-15)23(26,27)28/h6-13,20,31H,4-5H2,1-3H3/t20-/m1/s1. The Morgan fingerprint density at radius 1 is 1.11 bits per heavy atom. The van der Waals surface area contributed by atoms with E-state index < -0.39 is 39.3 Å². The molecule has 12 heteroatoms. The molecule has 3 aromatic rings. The summed E-state index contributed by atoms with van der Waals surface area (Å²) in [5, 5.41) is 4.53. The molecule has 0 radical (unpaired) electrons. The number of halogens is 5. The predicted octanol–water partition coefficient (Wildman–Crippen LogP) is 6.05. The molecule has 0 aliphatic heterocycles. The van der Waals surface area contributed by atoms with Gasteiger partial charge in [-0.1, -0.05) is 0 Å². The average Bonchev–Trinajstić information content (AvgIpc) is 3.49. The van der Waals surface area contributed by atoms with E-state index in [0.29, 0.717) is 33.6 Å². The highest BCUT2D eigenvalue weighted by Crippen LogP contribution is 2.46. The van der Waals surface area contributed by atoms with Crippen LogP contribution in [0.5, 0.6) is 0 Å². The van der Waals surface area contributed by atoms with Crippen molar-refractivity contribution in [1.29, 1.82) is 0 Å². The van der Waals surface area contributed by atoms with Crippen molar-refractivity contribution in [3.63, 3.8) is 0 Å². The Morgan fingerprint density at radius 2 is 1.80 bits per heavy atom. The quantitative estimate of drug-likeness (QED) is 0.363. The molecule has 1 aliphatic rings. The van der Waals surface area contributed by atoms with Crippen LogP contribution in [0.25, 0.3) is 11.3 Å². The summed E-state index contributed by atoms with van der Waals surface area (Å²) in [4.78, 5) is 2.90. The molecule has 1 N–H and O–H groups in total. The molecule has 1 aliphatic carbocycles. The lowest BCUT2D eigenvalue weighted by Gasteiger charge is -2.25. The summed E-state index contributed by atoms with van der Waals surface area (Å²) in [5.74, 6) is -0.457. The zero-order chi connectivity index (χ0) is 25.8. The molecule has 4 rings (SSSR count). The summed E-state index contributed by atoms with van der Waals surface area (Å²) >= 11 is 3.41. The first-order chi connectivity index (χ1) is 16.2. The molecule has 0 saturated heterocycles. The maximum Gasteiger partial charge on any atom is 0.433 e. The largest absolute Gasteiger partial charge is 0.433 e. The lowest BCUT2D eigenvalue weighted by molar-refractivity contribution is -0.141. The summed E-state index contributed by atoms with van der Waals surface area (Å²) < 4.78 is 83.6. The molecule has 1 aromatic carbocycles. The second-order valence-corrected chi connectivity index (χ2v) is 12.0. The number of hydrogen-bond acceptors (Lipinski definition) is 4. The van der Waals surface area contributed by atoms with E-state index in [1.165, 1.54) is 12.1 Å². The van der Waals surface area contributed by atoms with Crippen molar-refractivity contribution in [2.45, 2.75) is 56.3 Å². The van der Waals surface area contributed by atoms with Crippen LogP contribution in [0.2, 0.25) is 0 Å². The average molecular weight is 575 g/mol. The Bertz CT molecular complexity index is 1350. The predicted molar refractivity (Wildman–Crippen MR) is 125 cm³/mol. The molecule has 6 nitrogen and oxygen atoms in total. The van der Waals surface area contributed by atoms with Gasteiger partial charge in [0, 0.05) is 21.8 Å². The lowest BCUT2D eigenvalue weighted by Crippen LogP contribution is -2.31. The number of nitrogens with one attached hydrogen (secondary N) is 1. The van der Waals surface area contributed by atoms with Crippen molar-refractivity contribution in [2.75, 3.05) is 0 Å². The SMILES string of the molecule is CC(C)(C)n1ncc([C@H](NS(=O)(=O)c2ccc(C(F)(F)F)nc2)C2CC2)c1-c1ccc(F)cc1Br. The van der Waals surface area contributed by atoms with E-state index in [1.54, 1.807) is 16.9 Å². The van der Waals surface area contributed by atoms with E-state index in [2.05, 4.69) is 30.7 Å². The van der Waals surface area contributed by atoms with Crippen LogP contribution in [0.4, 0.5) is 17.6 Å². The number of sulfonamides is 1. The van der Waals surface area contributed by atoms with E-state index in [0.717, 1.165) is 18.9 Å². The third-order valence-electron chi connectivity index (χ3n) is 5.67. The van der Waals surface area contributed by atoms with Crippen LogP contribution in [-0.4, -0.2) is 23.2 Å². The number of hydrogen-bond donors (Lipinski definition) is 1. The van der Waals surface area contributed by atoms with Gasteiger partial charge in [-0.05, 0) is 85.8 Å². The molecule has 188 valence electrons. The van der Waals surface area contributed by atoms with Gasteiger partial charge in [-0.25, -0.2) is 17.5 Å². The maximum atomic E-state index is 13.8. The molecule has 1 saturated carbocycles. The first kappa shape index (κ1) is 25.8. The Labute approximate surface area is 208 Å². The van der Waals surface area contributed by atoms with E-state index in [4.69, 9.17) is 0 Å². The van der Waals surface area contributed by atoms with Crippen LogP contribution in [0.15, 0.2) is 52.1 Å². The third-order valence-corrected chi connectivity index (χ3v) is 7.75. The van der Waals surface area contributed by atoms with Gasteiger partial charge in [-0.3, -0.25) is 9.67 Å². The van der Waals surface area contributed by atoms with E-state index in [1.807, 2.05) is 20.8 Å². The van der Waals surface area contributed by atoms with Gasteiger partial charge in [0.15, 0.2) is 0 Å². The Morgan fingerprint density at radius 3 is 2.31 bits per heavy atom. The Balaban J connectivity index is 1.78. The second-order valence-electron chi connectivity index (χ2n) is 9.47. The van der Waals surface area contributed by atoms with Gasteiger partial charge in [0.2, 0.25) is 10.0 Å². The van der Waals surface area contributed by atoms with E-state index >= 15 is 0 Å².